The van der Waals surface area contributed by atoms with E-state index < -0.39 is 17.5 Å². The number of ether oxygens (including phenoxy) is 2. The van der Waals surface area contributed by atoms with Gasteiger partial charge in [0.1, 0.15) is 5.60 Å². The van der Waals surface area contributed by atoms with E-state index in [1.54, 1.807) is 33.8 Å². The summed E-state index contributed by atoms with van der Waals surface area (Å²) in [6.07, 6.45) is 1.55. The van der Waals surface area contributed by atoms with Crippen molar-refractivity contribution >= 4 is 18.0 Å². The topological polar surface area (TPSA) is 52.6 Å². The summed E-state index contributed by atoms with van der Waals surface area (Å²) in [4.78, 5) is 23.8. The molecule has 0 fully saturated rings. The summed E-state index contributed by atoms with van der Waals surface area (Å²) in [6, 6.07) is 9.32. The quantitative estimate of drug-likeness (QED) is 0.616. The number of rotatable bonds is 5. The van der Waals surface area contributed by atoms with Gasteiger partial charge in [-0.1, -0.05) is 30.3 Å². The van der Waals surface area contributed by atoms with Crippen molar-refractivity contribution in [1.82, 2.24) is 0 Å². The fraction of sp³-hybridized carbons (Fsp3) is 0.412. The molecule has 21 heavy (non-hydrogen) atoms. The molecule has 1 rings (SSSR count). The van der Waals surface area contributed by atoms with Gasteiger partial charge in [0.2, 0.25) is 0 Å². The average molecular weight is 290 g/mol. The zero-order chi connectivity index (χ0) is 15.9. The first-order chi connectivity index (χ1) is 9.81. The Kier molecular flexibility index (Phi) is 6.15. The van der Waals surface area contributed by atoms with Crippen LogP contribution >= 0.6 is 0 Å². The molecule has 0 bridgehead atoms. The lowest BCUT2D eigenvalue weighted by Gasteiger charge is -2.19. The maximum atomic E-state index is 12.0. The summed E-state index contributed by atoms with van der Waals surface area (Å²) in [5.41, 5.74) is 0.547. The summed E-state index contributed by atoms with van der Waals surface area (Å²) in [5.74, 6) is -0.940. The van der Waals surface area contributed by atoms with Crippen LogP contribution in [0.5, 0.6) is 0 Å². The Bertz CT molecular complexity index is 509. The summed E-state index contributed by atoms with van der Waals surface area (Å²) < 4.78 is 10.2. The lowest BCUT2D eigenvalue weighted by atomic mass is 10.1. The van der Waals surface area contributed by atoms with Crippen molar-refractivity contribution in [3.05, 3.63) is 41.5 Å². The van der Waals surface area contributed by atoms with Gasteiger partial charge in [0.15, 0.2) is 0 Å². The van der Waals surface area contributed by atoms with E-state index in [0.717, 1.165) is 5.56 Å². The normalized spacial score (nSPS) is 11.9. The van der Waals surface area contributed by atoms with Crippen LogP contribution in [0.4, 0.5) is 0 Å². The Hall–Kier alpha value is -2.10. The molecular weight excluding hydrogens is 268 g/mol. The fourth-order valence-electron chi connectivity index (χ4n) is 1.69. The molecule has 0 spiro atoms. The van der Waals surface area contributed by atoms with Crippen molar-refractivity contribution in [2.45, 2.75) is 39.7 Å². The van der Waals surface area contributed by atoms with E-state index in [0.29, 0.717) is 0 Å². The predicted octanol–water partition coefficient (Wildman–Crippen LogP) is 3.36. The number of carbonyl (C=O) groups excluding carboxylic acids is 2. The first kappa shape index (κ1) is 17.0. The van der Waals surface area contributed by atoms with Crippen LogP contribution in [0.15, 0.2) is 35.9 Å². The first-order valence-corrected chi connectivity index (χ1v) is 6.96. The molecule has 0 aromatic heterocycles. The largest absolute Gasteiger partial charge is 0.463 e. The van der Waals surface area contributed by atoms with Crippen molar-refractivity contribution in [2.24, 2.45) is 0 Å². The third-order valence-corrected chi connectivity index (χ3v) is 2.43. The number of benzene rings is 1. The molecule has 4 nitrogen and oxygen atoms in total. The van der Waals surface area contributed by atoms with Crippen LogP contribution in [0.3, 0.4) is 0 Å². The summed E-state index contributed by atoms with van der Waals surface area (Å²) in [5, 5.41) is 0. The summed E-state index contributed by atoms with van der Waals surface area (Å²) in [7, 11) is 0. The minimum atomic E-state index is -0.580. The van der Waals surface area contributed by atoms with Gasteiger partial charge in [0.05, 0.1) is 13.0 Å². The van der Waals surface area contributed by atoms with Crippen LogP contribution in [0.25, 0.3) is 6.08 Å². The molecule has 0 saturated carbocycles. The highest BCUT2D eigenvalue weighted by molar-refractivity contribution is 5.98. The second-order valence-corrected chi connectivity index (χ2v) is 5.56. The Labute approximate surface area is 125 Å². The van der Waals surface area contributed by atoms with Crippen LogP contribution in [-0.4, -0.2) is 24.1 Å². The lowest BCUT2D eigenvalue weighted by Crippen LogP contribution is -2.25. The Morgan fingerprint density at radius 2 is 1.76 bits per heavy atom. The fourth-order valence-corrected chi connectivity index (χ4v) is 1.69. The lowest BCUT2D eigenvalue weighted by molar-refractivity contribution is -0.155. The van der Waals surface area contributed by atoms with Gasteiger partial charge in [0, 0.05) is 5.57 Å². The second-order valence-electron chi connectivity index (χ2n) is 5.56. The van der Waals surface area contributed by atoms with E-state index in [-0.39, 0.29) is 18.6 Å². The maximum Gasteiger partial charge on any atom is 0.334 e. The van der Waals surface area contributed by atoms with Gasteiger partial charge in [-0.15, -0.1) is 0 Å². The smallest absolute Gasteiger partial charge is 0.334 e. The molecule has 0 N–H and O–H groups in total. The molecule has 0 aliphatic rings. The molecule has 1 aromatic carbocycles. The molecule has 0 saturated heterocycles. The van der Waals surface area contributed by atoms with Crippen LogP contribution in [-0.2, 0) is 19.1 Å². The molecule has 0 aliphatic heterocycles. The molecular formula is C17H22O4. The van der Waals surface area contributed by atoms with Crippen LogP contribution in [0, 0.1) is 0 Å². The molecule has 114 valence electrons. The van der Waals surface area contributed by atoms with Gasteiger partial charge < -0.3 is 9.47 Å². The molecule has 0 amide bonds. The summed E-state index contributed by atoms with van der Waals surface area (Å²) >= 11 is 0. The average Bonchev–Trinajstić information content (AvgIpc) is 2.37. The van der Waals surface area contributed by atoms with Gasteiger partial charge in [-0.3, -0.25) is 4.79 Å². The monoisotopic (exact) mass is 290 g/mol. The van der Waals surface area contributed by atoms with E-state index in [1.165, 1.54) is 0 Å². The van der Waals surface area contributed by atoms with Gasteiger partial charge in [-0.05, 0) is 39.3 Å². The van der Waals surface area contributed by atoms with Gasteiger partial charge >= 0.3 is 11.9 Å². The number of carbonyl (C=O) groups is 2. The number of hydrogen-bond donors (Lipinski definition) is 0. The van der Waals surface area contributed by atoms with Crippen LogP contribution in [0.2, 0.25) is 0 Å². The Morgan fingerprint density at radius 1 is 1.14 bits per heavy atom. The minimum absolute atomic E-state index is 0.106. The van der Waals surface area contributed by atoms with Crippen molar-refractivity contribution in [1.29, 1.82) is 0 Å². The van der Waals surface area contributed by atoms with E-state index in [2.05, 4.69) is 0 Å². The van der Waals surface area contributed by atoms with Gasteiger partial charge in [-0.2, -0.15) is 0 Å². The molecule has 0 radical (unpaired) electrons. The van der Waals surface area contributed by atoms with Crippen molar-refractivity contribution < 1.29 is 19.1 Å². The van der Waals surface area contributed by atoms with Gasteiger partial charge in [0.25, 0.3) is 0 Å². The Balaban J connectivity index is 2.91. The zero-order valence-corrected chi connectivity index (χ0v) is 13.0. The van der Waals surface area contributed by atoms with Crippen molar-refractivity contribution in [3.63, 3.8) is 0 Å². The van der Waals surface area contributed by atoms with Crippen molar-refractivity contribution in [3.8, 4) is 0 Å². The highest BCUT2D eigenvalue weighted by Crippen LogP contribution is 2.15. The van der Waals surface area contributed by atoms with E-state index in [1.807, 2.05) is 30.3 Å². The molecule has 4 heteroatoms. The van der Waals surface area contributed by atoms with E-state index in [4.69, 9.17) is 9.47 Å². The predicted molar refractivity (Wildman–Crippen MR) is 81.5 cm³/mol. The molecule has 0 unspecified atom stereocenters. The third-order valence-electron chi connectivity index (χ3n) is 2.43. The molecule has 0 atom stereocenters. The standard InChI is InChI=1S/C17H22O4/c1-5-20-16(19)14(11-13-9-7-6-8-10-13)12-15(18)21-17(2,3)4/h6-11H,5,12H2,1-4H3/b14-11+. The maximum absolute atomic E-state index is 12.0. The van der Waals surface area contributed by atoms with E-state index in [9.17, 15) is 9.59 Å². The molecule has 0 aliphatic carbocycles. The highest BCUT2D eigenvalue weighted by atomic mass is 16.6. The SMILES string of the molecule is CCOC(=O)/C(=C/c1ccccc1)CC(=O)OC(C)(C)C. The summed E-state index contributed by atoms with van der Waals surface area (Å²) in [6.45, 7) is 7.35. The second kappa shape index (κ2) is 7.62. The molecule has 0 heterocycles. The number of esters is 2. The Morgan fingerprint density at radius 3 is 2.29 bits per heavy atom. The molecule has 1 aromatic rings. The highest BCUT2D eigenvalue weighted by Gasteiger charge is 2.21. The zero-order valence-electron chi connectivity index (χ0n) is 13.0. The van der Waals surface area contributed by atoms with Crippen LogP contribution < -0.4 is 0 Å². The van der Waals surface area contributed by atoms with Crippen LogP contribution in [0.1, 0.15) is 39.7 Å². The first-order valence-electron chi connectivity index (χ1n) is 6.96. The minimum Gasteiger partial charge on any atom is -0.463 e. The van der Waals surface area contributed by atoms with E-state index >= 15 is 0 Å². The number of hydrogen-bond acceptors (Lipinski definition) is 4. The van der Waals surface area contributed by atoms with Crippen molar-refractivity contribution in [2.75, 3.05) is 6.61 Å². The third kappa shape index (κ3) is 6.75. The van der Waals surface area contributed by atoms with Gasteiger partial charge in [-0.25, -0.2) is 4.79 Å².